The molecule has 0 atom stereocenters. The summed E-state index contributed by atoms with van der Waals surface area (Å²) in [6.07, 6.45) is -4.90. The molecule has 0 aliphatic rings. The normalized spacial score (nSPS) is 11.4. The first-order valence-electron chi connectivity index (χ1n) is 4.33. The summed E-state index contributed by atoms with van der Waals surface area (Å²) in [7, 11) is 0. The Balaban J connectivity index is 3.69. The van der Waals surface area contributed by atoms with Gasteiger partial charge in [-0.1, -0.05) is 15.9 Å². The van der Waals surface area contributed by atoms with Gasteiger partial charge in [-0.05, 0) is 28.1 Å². The van der Waals surface area contributed by atoms with E-state index in [0.29, 0.717) is 6.07 Å². The number of Topliss-reactive ketones (excluding diaryl/α,β-unsaturated/α-hetero) is 1. The zero-order valence-electron chi connectivity index (χ0n) is 8.42. The zero-order chi connectivity index (χ0) is 14.1. The Morgan fingerprint density at radius 2 is 1.94 bits per heavy atom. The molecule has 0 aliphatic carbocycles. The highest BCUT2D eigenvalue weighted by Gasteiger charge is 2.41. The van der Waals surface area contributed by atoms with E-state index in [4.69, 9.17) is 0 Å². The Bertz CT molecular complexity index is 517. The number of hydrogen-bond donors (Lipinski definition) is 0. The summed E-state index contributed by atoms with van der Waals surface area (Å²) in [6.45, 7) is 0. The third-order valence-corrected chi connectivity index (χ3v) is 3.19. The maximum absolute atomic E-state index is 12.6. The van der Waals surface area contributed by atoms with Crippen molar-refractivity contribution in [1.29, 1.82) is 0 Å². The molecule has 4 nitrogen and oxygen atoms in total. The van der Waals surface area contributed by atoms with Gasteiger partial charge in [-0.25, -0.2) is 0 Å². The second-order valence-electron chi connectivity index (χ2n) is 3.13. The van der Waals surface area contributed by atoms with Gasteiger partial charge in [0, 0.05) is 4.47 Å². The van der Waals surface area contributed by atoms with Crippen molar-refractivity contribution in [2.24, 2.45) is 0 Å². The molecule has 1 rings (SSSR count). The highest BCUT2D eigenvalue weighted by atomic mass is 79.9. The molecule has 0 amide bonds. The lowest BCUT2D eigenvalue weighted by Gasteiger charge is -2.11. The van der Waals surface area contributed by atoms with E-state index in [2.05, 4.69) is 31.9 Å². The molecule has 0 fully saturated rings. The van der Waals surface area contributed by atoms with Crippen molar-refractivity contribution in [3.05, 3.63) is 37.8 Å². The van der Waals surface area contributed by atoms with Gasteiger partial charge in [-0.2, -0.15) is 13.2 Å². The summed E-state index contributed by atoms with van der Waals surface area (Å²) in [4.78, 5) is 21.1. The Labute approximate surface area is 116 Å². The number of nitrogens with zero attached hydrogens (tertiary/aromatic N) is 1. The van der Waals surface area contributed by atoms with Crippen LogP contribution < -0.4 is 0 Å². The van der Waals surface area contributed by atoms with Gasteiger partial charge in [-0.3, -0.25) is 14.9 Å². The topological polar surface area (TPSA) is 60.2 Å². The number of nitro groups is 1. The van der Waals surface area contributed by atoms with E-state index < -0.39 is 33.7 Å². The third kappa shape index (κ3) is 2.89. The molecule has 0 N–H and O–H groups in total. The first-order chi connectivity index (χ1) is 8.20. The van der Waals surface area contributed by atoms with E-state index in [1.807, 2.05) is 0 Å². The van der Waals surface area contributed by atoms with Crippen molar-refractivity contribution in [3.8, 4) is 0 Å². The van der Waals surface area contributed by atoms with E-state index in [9.17, 15) is 28.1 Å². The fraction of sp³-hybridized carbons (Fsp3) is 0.222. The molecule has 9 heteroatoms. The Morgan fingerprint density at radius 1 is 1.39 bits per heavy atom. The Morgan fingerprint density at radius 3 is 2.33 bits per heavy atom. The van der Waals surface area contributed by atoms with Crippen molar-refractivity contribution in [3.63, 3.8) is 0 Å². The molecule has 1 aromatic rings. The lowest BCUT2D eigenvalue weighted by molar-refractivity contribution is -0.388. The van der Waals surface area contributed by atoms with Gasteiger partial charge in [0.15, 0.2) is 5.78 Å². The highest BCUT2D eigenvalue weighted by molar-refractivity contribution is 9.10. The van der Waals surface area contributed by atoms with Gasteiger partial charge in [0.25, 0.3) is 5.69 Å². The standard InChI is InChI=1S/C9H4Br2F3NO3/c10-3-6(16)7-5(11)2-1-4(9(12,13)14)8(7)15(17)18/h1-2H,3H2. The molecular formula is C9H4Br2F3NO3. The van der Waals surface area contributed by atoms with Crippen molar-refractivity contribution < 1.29 is 22.9 Å². The van der Waals surface area contributed by atoms with E-state index >= 15 is 0 Å². The summed E-state index contributed by atoms with van der Waals surface area (Å²) in [5.41, 5.74) is -3.27. The van der Waals surface area contributed by atoms with E-state index in [-0.39, 0.29) is 9.80 Å². The predicted octanol–water partition coefficient (Wildman–Crippen LogP) is 3.95. The summed E-state index contributed by atoms with van der Waals surface area (Å²) in [5, 5.41) is 10.5. The molecule has 98 valence electrons. The average Bonchev–Trinajstić information content (AvgIpc) is 2.25. The first kappa shape index (κ1) is 15.1. The molecule has 0 bridgehead atoms. The van der Waals surface area contributed by atoms with E-state index in [1.54, 1.807) is 0 Å². The van der Waals surface area contributed by atoms with Crippen molar-refractivity contribution in [2.45, 2.75) is 6.18 Å². The number of benzene rings is 1. The average molecular weight is 391 g/mol. The molecule has 0 radical (unpaired) electrons. The highest BCUT2D eigenvalue weighted by Crippen LogP contribution is 2.40. The molecule has 0 spiro atoms. The molecule has 0 aliphatic heterocycles. The van der Waals surface area contributed by atoms with Crippen LogP contribution in [0.5, 0.6) is 0 Å². The fourth-order valence-corrected chi connectivity index (χ4v) is 2.14. The number of nitro benzene ring substituents is 1. The van der Waals surface area contributed by atoms with Crippen molar-refractivity contribution >= 4 is 43.3 Å². The van der Waals surface area contributed by atoms with Crippen LogP contribution in [0.3, 0.4) is 0 Å². The smallest absolute Gasteiger partial charge is 0.293 e. The summed E-state index contributed by atoms with van der Waals surface area (Å²) >= 11 is 5.61. The van der Waals surface area contributed by atoms with Crippen LogP contribution in [-0.4, -0.2) is 16.0 Å². The number of alkyl halides is 4. The number of carbonyl (C=O) groups excluding carboxylic acids is 1. The molecule has 0 saturated carbocycles. The second-order valence-corrected chi connectivity index (χ2v) is 4.55. The van der Waals surface area contributed by atoms with Crippen LogP contribution in [0.25, 0.3) is 0 Å². The fourth-order valence-electron chi connectivity index (χ4n) is 1.32. The maximum Gasteiger partial charge on any atom is 0.423 e. The van der Waals surface area contributed by atoms with Gasteiger partial charge < -0.3 is 0 Å². The van der Waals surface area contributed by atoms with Gasteiger partial charge in [0.1, 0.15) is 11.1 Å². The van der Waals surface area contributed by atoms with Gasteiger partial charge >= 0.3 is 6.18 Å². The molecule has 0 heterocycles. The summed E-state index contributed by atoms with van der Waals surface area (Å²) in [6, 6.07) is 1.53. The maximum atomic E-state index is 12.6. The number of ketones is 1. The van der Waals surface area contributed by atoms with Gasteiger partial charge in [0.2, 0.25) is 0 Å². The van der Waals surface area contributed by atoms with Crippen LogP contribution in [0.4, 0.5) is 18.9 Å². The van der Waals surface area contributed by atoms with Crippen LogP contribution >= 0.6 is 31.9 Å². The number of hydrogen-bond acceptors (Lipinski definition) is 3. The van der Waals surface area contributed by atoms with E-state index in [1.165, 1.54) is 0 Å². The minimum Gasteiger partial charge on any atom is -0.293 e. The van der Waals surface area contributed by atoms with E-state index in [0.717, 1.165) is 6.07 Å². The van der Waals surface area contributed by atoms with Crippen molar-refractivity contribution in [1.82, 2.24) is 0 Å². The third-order valence-electron chi connectivity index (χ3n) is 2.02. The van der Waals surface area contributed by atoms with Crippen LogP contribution in [0.1, 0.15) is 15.9 Å². The summed E-state index contributed by atoms with van der Waals surface area (Å²) < 4.78 is 37.9. The lowest BCUT2D eigenvalue weighted by Crippen LogP contribution is -2.14. The van der Waals surface area contributed by atoms with Crippen molar-refractivity contribution in [2.75, 3.05) is 5.33 Å². The lowest BCUT2D eigenvalue weighted by atomic mass is 10.0. The SMILES string of the molecule is O=C(CBr)c1c(Br)ccc(C(F)(F)F)c1[N+](=O)[O-]. The molecule has 0 saturated heterocycles. The zero-order valence-corrected chi connectivity index (χ0v) is 11.6. The molecule has 0 aromatic heterocycles. The molecule has 1 aromatic carbocycles. The first-order valence-corrected chi connectivity index (χ1v) is 6.24. The molecule has 18 heavy (non-hydrogen) atoms. The Hall–Kier alpha value is -0.960. The monoisotopic (exact) mass is 389 g/mol. The largest absolute Gasteiger partial charge is 0.423 e. The quantitative estimate of drug-likeness (QED) is 0.340. The van der Waals surface area contributed by atoms with Crippen LogP contribution in [0.2, 0.25) is 0 Å². The van der Waals surface area contributed by atoms with Crippen LogP contribution in [0.15, 0.2) is 16.6 Å². The van der Waals surface area contributed by atoms with Gasteiger partial charge in [-0.15, -0.1) is 0 Å². The molecule has 0 unspecified atom stereocenters. The predicted molar refractivity (Wildman–Crippen MR) is 63.9 cm³/mol. The number of rotatable bonds is 3. The van der Waals surface area contributed by atoms with Crippen LogP contribution in [-0.2, 0) is 6.18 Å². The molecular weight excluding hydrogens is 387 g/mol. The second kappa shape index (κ2) is 5.35. The van der Waals surface area contributed by atoms with Crippen LogP contribution in [0, 0.1) is 10.1 Å². The van der Waals surface area contributed by atoms with Gasteiger partial charge in [0.05, 0.1) is 10.3 Å². The Kier molecular flexibility index (Phi) is 4.49. The minimum absolute atomic E-state index is 0.0494. The summed E-state index contributed by atoms with van der Waals surface area (Å²) in [5.74, 6) is -0.806. The minimum atomic E-state index is -4.90. The number of halogens is 5. The number of carbonyl (C=O) groups is 1.